The molecular weight excluding hydrogens is 252 g/mol. The van der Waals surface area contributed by atoms with Crippen LogP contribution in [0, 0.1) is 13.8 Å². The van der Waals surface area contributed by atoms with E-state index in [1.807, 2.05) is 44.2 Å². The summed E-state index contributed by atoms with van der Waals surface area (Å²) in [5.41, 5.74) is 4.39. The van der Waals surface area contributed by atoms with E-state index in [9.17, 15) is 4.79 Å². The molecule has 0 bridgehead atoms. The van der Waals surface area contributed by atoms with Crippen molar-refractivity contribution in [3.8, 4) is 0 Å². The number of hydrogen-bond donors (Lipinski definition) is 0. The van der Waals surface area contributed by atoms with Gasteiger partial charge in [-0.1, -0.05) is 54.1 Å². The largest absolute Gasteiger partial charge is 0.293 e. The predicted octanol–water partition coefficient (Wildman–Crippen LogP) is 4.42. The Bertz CT molecular complexity index is 561. The van der Waals surface area contributed by atoms with Crippen molar-refractivity contribution in [3.63, 3.8) is 0 Å². The van der Waals surface area contributed by atoms with Gasteiger partial charge in [0.1, 0.15) is 0 Å². The second-order valence-electron chi connectivity index (χ2n) is 4.72. The van der Waals surface area contributed by atoms with Gasteiger partial charge in [0.05, 0.1) is 5.75 Å². The molecule has 0 heterocycles. The number of Topliss-reactive ketones (excluding diaryl/α,β-unsaturated/α-hetero) is 1. The molecule has 0 amide bonds. The molecule has 2 heteroatoms. The van der Waals surface area contributed by atoms with Crippen LogP contribution in [0.25, 0.3) is 0 Å². The monoisotopic (exact) mass is 270 g/mol. The highest BCUT2D eigenvalue weighted by Crippen LogP contribution is 2.16. The van der Waals surface area contributed by atoms with Crippen LogP contribution in [-0.4, -0.2) is 11.5 Å². The molecule has 0 aliphatic heterocycles. The molecule has 2 aromatic rings. The Morgan fingerprint density at radius 1 is 1.05 bits per heavy atom. The van der Waals surface area contributed by atoms with E-state index < -0.39 is 0 Å². The summed E-state index contributed by atoms with van der Waals surface area (Å²) >= 11 is 1.67. The smallest absolute Gasteiger partial charge is 0.172 e. The summed E-state index contributed by atoms with van der Waals surface area (Å²) in [5.74, 6) is 1.65. The molecule has 0 N–H and O–H groups in total. The third-order valence-corrected chi connectivity index (χ3v) is 4.03. The van der Waals surface area contributed by atoms with E-state index in [4.69, 9.17) is 0 Å². The van der Waals surface area contributed by atoms with Crippen LogP contribution in [0.1, 0.15) is 27.0 Å². The summed E-state index contributed by atoms with van der Waals surface area (Å²) in [7, 11) is 0. The fourth-order valence-corrected chi connectivity index (χ4v) is 2.91. The van der Waals surface area contributed by atoms with Crippen molar-refractivity contribution in [2.45, 2.75) is 19.6 Å². The quantitative estimate of drug-likeness (QED) is 0.748. The van der Waals surface area contributed by atoms with E-state index in [0.29, 0.717) is 5.75 Å². The summed E-state index contributed by atoms with van der Waals surface area (Å²) in [6, 6.07) is 16.3. The molecule has 19 heavy (non-hydrogen) atoms. The molecule has 98 valence electrons. The topological polar surface area (TPSA) is 17.1 Å². The highest BCUT2D eigenvalue weighted by molar-refractivity contribution is 7.99. The maximum absolute atomic E-state index is 12.1. The lowest BCUT2D eigenvalue weighted by molar-refractivity contribution is 0.102. The molecule has 2 rings (SSSR count). The van der Waals surface area contributed by atoms with Crippen LogP contribution in [0.4, 0.5) is 0 Å². The maximum atomic E-state index is 12.1. The Labute approximate surface area is 119 Å². The average molecular weight is 270 g/mol. The zero-order valence-electron chi connectivity index (χ0n) is 11.3. The van der Waals surface area contributed by atoms with Gasteiger partial charge in [-0.15, -0.1) is 11.8 Å². The first-order valence-electron chi connectivity index (χ1n) is 6.39. The number of benzene rings is 2. The molecule has 0 radical (unpaired) electrons. The minimum absolute atomic E-state index is 0.221. The first-order chi connectivity index (χ1) is 9.16. The zero-order chi connectivity index (χ0) is 13.7. The van der Waals surface area contributed by atoms with Crippen LogP contribution in [-0.2, 0) is 5.75 Å². The Kier molecular flexibility index (Phi) is 4.80. The Morgan fingerprint density at radius 3 is 2.47 bits per heavy atom. The standard InChI is InChI=1S/C17H18OS/c1-13-8-9-16(14(2)10-13)17(18)12-19-11-15-6-4-3-5-7-15/h3-10H,11-12H2,1-2H3. The minimum atomic E-state index is 0.221. The summed E-state index contributed by atoms with van der Waals surface area (Å²) in [6.45, 7) is 4.05. The van der Waals surface area contributed by atoms with Crippen LogP contribution in [0.3, 0.4) is 0 Å². The molecule has 0 unspecified atom stereocenters. The van der Waals surface area contributed by atoms with Gasteiger partial charge in [0, 0.05) is 11.3 Å². The van der Waals surface area contributed by atoms with Gasteiger partial charge in [0.25, 0.3) is 0 Å². The minimum Gasteiger partial charge on any atom is -0.293 e. The third-order valence-electron chi connectivity index (χ3n) is 3.03. The second kappa shape index (κ2) is 6.58. The van der Waals surface area contributed by atoms with Crippen molar-refractivity contribution in [1.82, 2.24) is 0 Å². The molecule has 0 aliphatic carbocycles. The van der Waals surface area contributed by atoms with Crippen molar-refractivity contribution in [1.29, 1.82) is 0 Å². The molecule has 0 saturated carbocycles. The lowest BCUT2D eigenvalue weighted by Crippen LogP contribution is -2.05. The summed E-state index contributed by atoms with van der Waals surface area (Å²) in [6.07, 6.45) is 0. The van der Waals surface area contributed by atoms with Crippen LogP contribution in [0.5, 0.6) is 0 Å². The van der Waals surface area contributed by atoms with Crippen molar-refractivity contribution < 1.29 is 4.79 Å². The van der Waals surface area contributed by atoms with Crippen molar-refractivity contribution in [3.05, 3.63) is 70.8 Å². The predicted molar refractivity (Wildman–Crippen MR) is 82.9 cm³/mol. The van der Waals surface area contributed by atoms with Crippen molar-refractivity contribution in [2.75, 3.05) is 5.75 Å². The fraction of sp³-hybridized carbons (Fsp3) is 0.235. The van der Waals surface area contributed by atoms with Gasteiger partial charge in [-0.2, -0.15) is 0 Å². The number of rotatable bonds is 5. The van der Waals surface area contributed by atoms with E-state index in [2.05, 4.69) is 18.2 Å². The molecule has 0 spiro atoms. The van der Waals surface area contributed by atoms with Gasteiger partial charge in [0.2, 0.25) is 0 Å². The number of ketones is 1. The SMILES string of the molecule is Cc1ccc(C(=O)CSCc2ccccc2)c(C)c1. The van der Waals surface area contributed by atoms with Crippen LogP contribution in [0.15, 0.2) is 48.5 Å². The van der Waals surface area contributed by atoms with E-state index >= 15 is 0 Å². The Morgan fingerprint density at radius 2 is 1.79 bits per heavy atom. The van der Waals surface area contributed by atoms with Crippen LogP contribution >= 0.6 is 11.8 Å². The number of carbonyl (C=O) groups is 1. The van der Waals surface area contributed by atoms with Crippen molar-refractivity contribution in [2.24, 2.45) is 0 Å². The van der Waals surface area contributed by atoms with Gasteiger partial charge in [0.15, 0.2) is 5.78 Å². The van der Waals surface area contributed by atoms with Gasteiger partial charge >= 0.3 is 0 Å². The average Bonchev–Trinajstić information content (AvgIpc) is 2.39. The third kappa shape index (κ3) is 3.97. The lowest BCUT2D eigenvalue weighted by atomic mass is 10.0. The first-order valence-corrected chi connectivity index (χ1v) is 7.54. The Balaban J connectivity index is 1.91. The summed E-state index contributed by atoms with van der Waals surface area (Å²) < 4.78 is 0. The number of hydrogen-bond acceptors (Lipinski definition) is 2. The summed E-state index contributed by atoms with van der Waals surface area (Å²) in [4.78, 5) is 12.1. The molecule has 0 aliphatic rings. The van der Waals surface area contributed by atoms with E-state index in [-0.39, 0.29) is 5.78 Å². The fourth-order valence-electron chi connectivity index (χ4n) is 2.04. The molecule has 2 aromatic carbocycles. The number of aryl methyl sites for hydroxylation is 2. The first kappa shape index (κ1) is 13.9. The van der Waals surface area contributed by atoms with Crippen LogP contribution < -0.4 is 0 Å². The number of carbonyl (C=O) groups excluding carboxylic acids is 1. The van der Waals surface area contributed by atoms with E-state index in [1.54, 1.807) is 11.8 Å². The second-order valence-corrected chi connectivity index (χ2v) is 5.71. The molecule has 0 saturated heterocycles. The van der Waals surface area contributed by atoms with Gasteiger partial charge in [-0.25, -0.2) is 0 Å². The van der Waals surface area contributed by atoms with E-state index in [1.165, 1.54) is 11.1 Å². The van der Waals surface area contributed by atoms with Crippen molar-refractivity contribution >= 4 is 17.5 Å². The molecule has 0 aromatic heterocycles. The van der Waals surface area contributed by atoms with Gasteiger partial charge < -0.3 is 0 Å². The molecular formula is C17H18OS. The lowest BCUT2D eigenvalue weighted by Gasteiger charge is -2.06. The number of thioether (sulfide) groups is 1. The summed E-state index contributed by atoms with van der Waals surface area (Å²) in [5, 5.41) is 0. The maximum Gasteiger partial charge on any atom is 0.172 e. The molecule has 0 atom stereocenters. The normalized spacial score (nSPS) is 10.4. The van der Waals surface area contributed by atoms with Crippen LogP contribution in [0.2, 0.25) is 0 Å². The molecule has 0 fully saturated rings. The van der Waals surface area contributed by atoms with E-state index in [0.717, 1.165) is 16.9 Å². The highest BCUT2D eigenvalue weighted by Gasteiger charge is 2.09. The molecule has 1 nitrogen and oxygen atoms in total. The highest BCUT2D eigenvalue weighted by atomic mass is 32.2. The van der Waals surface area contributed by atoms with Gasteiger partial charge in [-0.3, -0.25) is 4.79 Å². The van der Waals surface area contributed by atoms with Gasteiger partial charge in [-0.05, 0) is 25.0 Å². The zero-order valence-corrected chi connectivity index (χ0v) is 12.2. The Hall–Kier alpha value is -1.54.